The van der Waals surface area contributed by atoms with Gasteiger partial charge in [-0.25, -0.2) is 13.1 Å². The number of rotatable bonds is 3. The third-order valence-corrected chi connectivity index (χ3v) is 4.56. The molecular formula is C16H20N2O2S. The molecule has 0 amide bonds. The maximum absolute atomic E-state index is 12.4. The fourth-order valence-electron chi connectivity index (χ4n) is 2.02. The van der Waals surface area contributed by atoms with E-state index in [1.807, 2.05) is 45.0 Å². The smallest absolute Gasteiger partial charge is 0.241 e. The number of anilines is 1. The fraction of sp³-hybridized carbons (Fsp3) is 0.250. The second kappa shape index (κ2) is 5.50. The minimum Gasteiger partial charge on any atom is -0.399 e. The monoisotopic (exact) mass is 304 g/mol. The van der Waals surface area contributed by atoms with Gasteiger partial charge in [-0.3, -0.25) is 0 Å². The van der Waals surface area contributed by atoms with Gasteiger partial charge in [0, 0.05) is 11.2 Å². The molecule has 0 fully saturated rings. The van der Waals surface area contributed by atoms with Crippen molar-refractivity contribution in [2.75, 3.05) is 5.73 Å². The zero-order valence-corrected chi connectivity index (χ0v) is 13.2. The zero-order chi connectivity index (χ0) is 15.7. The molecule has 0 unspecified atom stereocenters. The van der Waals surface area contributed by atoms with E-state index in [9.17, 15) is 8.42 Å². The van der Waals surface area contributed by atoms with E-state index in [4.69, 9.17) is 5.73 Å². The normalized spacial score (nSPS) is 12.3. The number of benzene rings is 2. The molecule has 0 heterocycles. The summed E-state index contributed by atoms with van der Waals surface area (Å²) in [6, 6.07) is 14.2. The van der Waals surface area contributed by atoms with Crippen molar-refractivity contribution in [1.29, 1.82) is 0 Å². The molecule has 21 heavy (non-hydrogen) atoms. The van der Waals surface area contributed by atoms with Gasteiger partial charge in [0.1, 0.15) is 0 Å². The second-order valence-corrected chi connectivity index (χ2v) is 7.69. The number of nitrogens with one attached hydrogen (secondary N) is 1. The van der Waals surface area contributed by atoms with Gasteiger partial charge in [-0.2, -0.15) is 0 Å². The van der Waals surface area contributed by atoms with E-state index < -0.39 is 15.6 Å². The van der Waals surface area contributed by atoms with Crippen LogP contribution >= 0.6 is 0 Å². The second-order valence-electron chi connectivity index (χ2n) is 6.01. The van der Waals surface area contributed by atoms with E-state index in [2.05, 4.69) is 4.72 Å². The predicted molar refractivity (Wildman–Crippen MR) is 86.4 cm³/mol. The van der Waals surface area contributed by atoms with Gasteiger partial charge in [-0.15, -0.1) is 0 Å². The number of sulfonamides is 1. The van der Waals surface area contributed by atoms with Crippen molar-refractivity contribution in [2.24, 2.45) is 0 Å². The van der Waals surface area contributed by atoms with Gasteiger partial charge in [0.15, 0.2) is 0 Å². The molecule has 0 spiro atoms. The first-order chi connectivity index (χ1) is 9.67. The Hall–Kier alpha value is -1.85. The summed E-state index contributed by atoms with van der Waals surface area (Å²) in [5, 5.41) is 0. The Balaban J connectivity index is 2.43. The highest BCUT2D eigenvalue weighted by atomic mass is 32.2. The van der Waals surface area contributed by atoms with Crippen LogP contribution in [0.15, 0.2) is 53.4 Å². The molecule has 0 saturated carbocycles. The lowest BCUT2D eigenvalue weighted by Crippen LogP contribution is -2.40. The van der Waals surface area contributed by atoms with Crippen LogP contribution in [-0.2, 0) is 10.0 Å². The summed E-state index contributed by atoms with van der Waals surface area (Å²) in [4.78, 5) is 0.248. The van der Waals surface area contributed by atoms with Crippen molar-refractivity contribution >= 4 is 15.7 Å². The lowest BCUT2D eigenvalue weighted by molar-refractivity contribution is 0.491. The molecule has 0 aliphatic heterocycles. The average molecular weight is 304 g/mol. The molecule has 0 aliphatic carbocycles. The molecule has 5 heteroatoms. The van der Waals surface area contributed by atoms with Crippen molar-refractivity contribution in [2.45, 2.75) is 31.2 Å². The van der Waals surface area contributed by atoms with Crippen molar-refractivity contribution in [3.05, 3.63) is 48.5 Å². The van der Waals surface area contributed by atoms with Crippen LogP contribution in [0.3, 0.4) is 0 Å². The van der Waals surface area contributed by atoms with Crippen LogP contribution in [-0.4, -0.2) is 14.0 Å². The van der Waals surface area contributed by atoms with Crippen molar-refractivity contribution in [3.63, 3.8) is 0 Å². The summed E-state index contributed by atoms with van der Waals surface area (Å²) in [5.41, 5.74) is 7.61. The van der Waals surface area contributed by atoms with E-state index in [-0.39, 0.29) is 4.90 Å². The van der Waals surface area contributed by atoms with Gasteiger partial charge in [0.25, 0.3) is 0 Å². The summed E-state index contributed by atoms with van der Waals surface area (Å²) in [6.45, 7) is 5.44. The van der Waals surface area contributed by atoms with E-state index in [0.29, 0.717) is 5.69 Å². The first-order valence-electron chi connectivity index (χ1n) is 6.67. The highest BCUT2D eigenvalue weighted by Gasteiger charge is 2.22. The van der Waals surface area contributed by atoms with Gasteiger partial charge in [0.2, 0.25) is 10.0 Å². The highest BCUT2D eigenvalue weighted by Crippen LogP contribution is 2.24. The Bertz CT molecular complexity index is 747. The van der Waals surface area contributed by atoms with Gasteiger partial charge in [-0.05, 0) is 56.2 Å². The number of nitrogen functional groups attached to an aromatic ring is 1. The third kappa shape index (κ3) is 4.06. The molecule has 0 atom stereocenters. The van der Waals surface area contributed by atoms with Gasteiger partial charge < -0.3 is 5.73 Å². The number of hydrogen-bond donors (Lipinski definition) is 2. The Morgan fingerprint density at radius 1 is 0.952 bits per heavy atom. The summed E-state index contributed by atoms with van der Waals surface area (Å²) < 4.78 is 27.4. The Labute approximate surface area is 126 Å². The molecule has 0 saturated heterocycles. The first kappa shape index (κ1) is 15.5. The van der Waals surface area contributed by atoms with Crippen molar-refractivity contribution in [1.82, 2.24) is 4.72 Å². The number of hydrogen-bond acceptors (Lipinski definition) is 3. The van der Waals surface area contributed by atoms with Gasteiger partial charge in [0.05, 0.1) is 4.90 Å². The third-order valence-electron chi connectivity index (χ3n) is 2.80. The Kier molecular flexibility index (Phi) is 4.07. The van der Waals surface area contributed by atoms with E-state index >= 15 is 0 Å². The minimum atomic E-state index is -3.54. The van der Waals surface area contributed by atoms with Gasteiger partial charge >= 0.3 is 0 Å². The van der Waals surface area contributed by atoms with Crippen molar-refractivity contribution in [3.8, 4) is 11.1 Å². The first-order valence-corrected chi connectivity index (χ1v) is 8.16. The molecule has 0 radical (unpaired) electrons. The standard InChI is InChI=1S/C16H20N2O2S/c1-16(2,3)18-21(19,20)15-9-5-7-13(11-15)12-6-4-8-14(17)10-12/h4-11,18H,17H2,1-3H3. The predicted octanol–water partition coefficient (Wildman–Crippen LogP) is 3.01. The summed E-state index contributed by atoms with van der Waals surface area (Å²) in [5.74, 6) is 0. The summed E-state index contributed by atoms with van der Waals surface area (Å²) in [6.07, 6.45) is 0. The van der Waals surface area contributed by atoms with Crippen LogP contribution in [0.25, 0.3) is 11.1 Å². The molecule has 2 aromatic carbocycles. The highest BCUT2D eigenvalue weighted by molar-refractivity contribution is 7.89. The average Bonchev–Trinajstić information content (AvgIpc) is 2.36. The zero-order valence-electron chi connectivity index (χ0n) is 12.4. The molecule has 4 nitrogen and oxygen atoms in total. The van der Waals surface area contributed by atoms with E-state index in [0.717, 1.165) is 11.1 Å². The minimum absolute atomic E-state index is 0.248. The maximum Gasteiger partial charge on any atom is 0.241 e. The summed E-state index contributed by atoms with van der Waals surface area (Å²) >= 11 is 0. The topological polar surface area (TPSA) is 72.2 Å². The maximum atomic E-state index is 12.4. The Morgan fingerprint density at radius 3 is 2.10 bits per heavy atom. The molecule has 0 bridgehead atoms. The molecule has 0 aliphatic rings. The van der Waals surface area contributed by atoms with Crippen LogP contribution in [0, 0.1) is 0 Å². The Morgan fingerprint density at radius 2 is 1.52 bits per heavy atom. The lowest BCUT2D eigenvalue weighted by Gasteiger charge is -2.20. The molecule has 2 aromatic rings. The molecule has 112 valence electrons. The molecule has 2 rings (SSSR count). The fourth-order valence-corrected chi connectivity index (χ4v) is 3.49. The van der Waals surface area contributed by atoms with Crippen LogP contribution in [0.1, 0.15) is 20.8 Å². The molecule has 3 N–H and O–H groups in total. The largest absolute Gasteiger partial charge is 0.399 e. The van der Waals surface area contributed by atoms with Gasteiger partial charge in [-0.1, -0.05) is 24.3 Å². The van der Waals surface area contributed by atoms with E-state index in [1.165, 1.54) is 0 Å². The van der Waals surface area contributed by atoms with E-state index in [1.54, 1.807) is 24.3 Å². The summed E-state index contributed by atoms with van der Waals surface area (Å²) in [7, 11) is -3.54. The van der Waals surface area contributed by atoms with Crippen molar-refractivity contribution < 1.29 is 8.42 Å². The van der Waals surface area contributed by atoms with Crippen LogP contribution < -0.4 is 10.5 Å². The number of nitrogens with two attached hydrogens (primary N) is 1. The van der Waals surface area contributed by atoms with Crippen LogP contribution in [0.4, 0.5) is 5.69 Å². The molecular weight excluding hydrogens is 284 g/mol. The SMILES string of the molecule is CC(C)(C)NS(=O)(=O)c1cccc(-c2cccc(N)c2)c1. The van der Waals surface area contributed by atoms with Crippen LogP contribution in [0.2, 0.25) is 0 Å². The quantitative estimate of drug-likeness (QED) is 0.856. The molecule has 0 aromatic heterocycles. The lowest BCUT2D eigenvalue weighted by atomic mass is 10.1. The van der Waals surface area contributed by atoms with Crippen LogP contribution in [0.5, 0.6) is 0 Å².